The Hall–Kier alpha value is -1.66. The standard InChI is InChI=1S/C14H22N4O2/c1-2-14(19)17-13-4-3-12(11-16-13)15-5-6-18-7-9-20-10-8-18/h3-4,11,15H,2,5-10H2,1H3,(H,16,17,19). The third-order valence-electron chi connectivity index (χ3n) is 3.21. The van der Waals surface area contributed by atoms with Crippen molar-refractivity contribution >= 4 is 17.4 Å². The number of pyridine rings is 1. The average Bonchev–Trinajstić information content (AvgIpc) is 2.50. The van der Waals surface area contributed by atoms with Crippen molar-refractivity contribution in [1.82, 2.24) is 9.88 Å². The molecule has 0 spiro atoms. The summed E-state index contributed by atoms with van der Waals surface area (Å²) in [7, 11) is 0. The van der Waals surface area contributed by atoms with Gasteiger partial charge < -0.3 is 15.4 Å². The second-order valence-electron chi connectivity index (χ2n) is 4.71. The Bertz CT molecular complexity index is 416. The molecule has 0 radical (unpaired) electrons. The molecule has 0 atom stereocenters. The maximum Gasteiger partial charge on any atom is 0.225 e. The molecular weight excluding hydrogens is 256 g/mol. The van der Waals surface area contributed by atoms with Crippen LogP contribution in [0.3, 0.4) is 0 Å². The minimum absolute atomic E-state index is 0.0227. The number of morpholine rings is 1. The largest absolute Gasteiger partial charge is 0.383 e. The molecule has 0 aromatic carbocycles. The number of ether oxygens (including phenoxy) is 1. The normalized spacial score (nSPS) is 15.8. The molecule has 0 bridgehead atoms. The van der Waals surface area contributed by atoms with Crippen LogP contribution in [0.1, 0.15) is 13.3 Å². The minimum atomic E-state index is -0.0227. The molecule has 2 heterocycles. The van der Waals surface area contributed by atoms with E-state index in [0.717, 1.165) is 45.1 Å². The molecule has 1 saturated heterocycles. The average molecular weight is 278 g/mol. The highest BCUT2D eigenvalue weighted by molar-refractivity contribution is 5.89. The van der Waals surface area contributed by atoms with Crippen molar-refractivity contribution < 1.29 is 9.53 Å². The van der Waals surface area contributed by atoms with E-state index in [1.54, 1.807) is 6.20 Å². The number of aromatic nitrogens is 1. The molecule has 1 amide bonds. The lowest BCUT2D eigenvalue weighted by molar-refractivity contribution is -0.115. The van der Waals surface area contributed by atoms with E-state index < -0.39 is 0 Å². The monoisotopic (exact) mass is 278 g/mol. The maximum absolute atomic E-state index is 11.2. The molecule has 6 heteroatoms. The second kappa shape index (κ2) is 7.81. The van der Waals surface area contributed by atoms with Crippen LogP contribution in [0.2, 0.25) is 0 Å². The molecule has 1 aliphatic rings. The van der Waals surface area contributed by atoms with Crippen molar-refractivity contribution in [2.24, 2.45) is 0 Å². The van der Waals surface area contributed by atoms with Gasteiger partial charge in [-0.05, 0) is 12.1 Å². The summed E-state index contributed by atoms with van der Waals surface area (Å²) < 4.78 is 5.31. The second-order valence-corrected chi connectivity index (χ2v) is 4.71. The summed E-state index contributed by atoms with van der Waals surface area (Å²) >= 11 is 0. The number of rotatable bonds is 6. The number of hydrogen-bond acceptors (Lipinski definition) is 5. The van der Waals surface area contributed by atoms with E-state index >= 15 is 0 Å². The summed E-state index contributed by atoms with van der Waals surface area (Å²) in [5.74, 6) is 0.570. The first kappa shape index (κ1) is 14.7. The Morgan fingerprint density at radius 2 is 2.20 bits per heavy atom. The number of hydrogen-bond donors (Lipinski definition) is 2. The first-order chi connectivity index (χ1) is 9.78. The van der Waals surface area contributed by atoms with E-state index in [0.29, 0.717) is 12.2 Å². The van der Waals surface area contributed by atoms with Gasteiger partial charge in [0.1, 0.15) is 5.82 Å². The summed E-state index contributed by atoms with van der Waals surface area (Å²) in [6.45, 7) is 7.35. The molecule has 1 aromatic heterocycles. The molecule has 0 saturated carbocycles. The Balaban J connectivity index is 1.71. The number of carbonyl (C=O) groups is 1. The van der Waals surface area contributed by atoms with Crippen molar-refractivity contribution in [3.05, 3.63) is 18.3 Å². The van der Waals surface area contributed by atoms with Crippen molar-refractivity contribution in [2.45, 2.75) is 13.3 Å². The molecule has 6 nitrogen and oxygen atoms in total. The molecule has 1 aliphatic heterocycles. The zero-order chi connectivity index (χ0) is 14.2. The molecule has 0 aliphatic carbocycles. The lowest BCUT2D eigenvalue weighted by Gasteiger charge is -2.26. The SMILES string of the molecule is CCC(=O)Nc1ccc(NCCN2CCOCC2)cn1. The zero-order valence-electron chi connectivity index (χ0n) is 11.9. The van der Waals surface area contributed by atoms with E-state index in [2.05, 4.69) is 20.5 Å². The minimum Gasteiger partial charge on any atom is -0.383 e. The highest BCUT2D eigenvalue weighted by atomic mass is 16.5. The Labute approximate surface area is 119 Å². The molecule has 1 aromatic rings. The summed E-state index contributed by atoms with van der Waals surface area (Å²) in [4.78, 5) is 17.8. The van der Waals surface area contributed by atoms with Gasteiger partial charge in [0.05, 0.1) is 25.1 Å². The van der Waals surface area contributed by atoms with Crippen LogP contribution in [0.5, 0.6) is 0 Å². The van der Waals surface area contributed by atoms with Crippen LogP contribution in [0.25, 0.3) is 0 Å². The van der Waals surface area contributed by atoms with Crippen molar-refractivity contribution in [2.75, 3.05) is 50.0 Å². The van der Waals surface area contributed by atoms with Crippen LogP contribution in [0.15, 0.2) is 18.3 Å². The molecule has 110 valence electrons. The fourth-order valence-electron chi connectivity index (χ4n) is 1.99. The third kappa shape index (κ3) is 4.79. The molecular formula is C14H22N4O2. The summed E-state index contributed by atoms with van der Waals surface area (Å²) in [6, 6.07) is 3.74. The van der Waals surface area contributed by atoms with Gasteiger partial charge in [0.2, 0.25) is 5.91 Å². The van der Waals surface area contributed by atoms with Crippen molar-refractivity contribution in [1.29, 1.82) is 0 Å². The fourth-order valence-corrected chi connectivity index (χ4v) is 1.99. The zero-order valence-corrected chi connectivity index (χ0v) is 11.9. The molecule has 20 heavy (non-hydrogen) atoms. The fraction of sp³-hybridized carbons (Fsp3) is 0.571. The molecule has 0 unspecified atom stereocenters. The number of amides is 1. The van der Waals surface area contributed by atoms with E-state index in [-0.39, 0.29) is 5.91 Å². The van der Waals surface area contributed by atoms with Crippen molar-refractivity contribution in [3.8, 4) is 0 Å². The quantitative estimate of drug-likeness (QED) is 0.818. The lowest BCUT2D eigenvalue weighted by atomic mass is 10.3. The van der Waals surface area contributed by atoms with E-state index in [9.17, 15) is 4.79 Å². The first-order valence-electron chi connectivity index (χ1n) is 7.08. The van der Waals surface area contributed by atoms with Gasteiger partial charge >= 0.3 is 0 Å². The van der Waals surface area contributed by atoms with Gasteiger partial charge in [-0.3, -0.25) is 9.69 Å². The predicted molar refractivity (Wildman–Crippen MR) is 78.9 cm³/mol. The number of anilines is 2. The van der Waals surface area contributed by atoms with Crippen LogP contribution >= 0.6 is 0 Å². The van der Waals surface area contributed by atoms with E-state index in [1.807, 2.05) is 19.1 Å². The summed E-state index contributed by atoms with van der Waals surface area (Å²) in [6.07, 6.45) is 2.20. The van der Waals surface area contributed by atoms with Crippen LogP contribution < -0.4 is 10.6 Å². The van der Waals surface area contributed by atoms with Gasteiger partial charge in [0.15, 0.2) is 0 Å². The number of carbonyl (C=O) groups excluding carboxylic acids is 1. The molecule has 1 fully saturated rings. The van der Waals surface area contributed by atoms with E-state index in [1.165, 1.54) is 0 Å². The summed E-state index contributed by atoms with van der Waals surface area (Å²) in [5, 5.41) is 6.06. The first-order valence-corrected chi connectivity index (χ1v) is 7.08. The highest BCUT2D eigenvalue weighted by Crippen LogP contribution is 2.09. The Kier molecular flexibility index (Phi) is 5.76. The van der Waals surface area contributed by atoms with Gasteiger partial charge in [-0.2, -0.15) is 0 Å². The smallest absolute Gasteiger partial charge is 0.225 e. The van der Waals surface area contributed by atoms with Gasteiger partial charge in [0, 0.05) is 32.6 Å². The van der Waals surface area contributed by atoms with E-state index in [4.69, 9.17) is 4.74 Å². The van der Waals surface area contributed by atoms with Crippen LogP contribution in [0, 0.1) is 0 Å². The van der Waals surface area contributed by atoms with Crippen LogP contribution in [-0.2, 0) is 9.53 Å². The highest BCUT2D eigenvalue weighted by Gasteiger charge is 2.09. The lowest BCUT2D eigenvalue weighted by Crippen LogP contribution is -2.39. The number of nitrogens with zero attached hydrogens (tertiary/aromatic N) is 2. The molecule has 2 N–H and O–H groups in total. The predicted octanol–water partition coefficient (Wildman–Crippen LogP) is 1.17. The summed E-state index contributed by atoms with van der Waals surface area (Å²) in [5.41, 5.74) is 0.966. The van der Waals surface area contributed by atoms with Gasteiger partial charge in [-0.25, -0.2) is 4.98 Å². The van der Waals surface area contributed by atoms with Gasteiger partial charge in [-0.1, -0.05) is 6.92 Å². The maximum atomic E-state index is 11.2. The van der Waals surface area contributed by atoms with Gasteiger partial charge in [-0.15, -0.1) is 0 Å². The molecule has 2 rings (SSSR count). The topological polar surface area (TPSA) is 66.5 Å². The van der Waals surface area contributed by atoms with Gasteiger partial charge in [0.25, 0.3) is 0 Å². The van der Waals surface area contributed by atoms with Crippen LogP contribution in [0.4, 0.5) is 11.5 Å². The van der Waals surface area contributed by atoms with Crippen molar-refractivity contribution in [3.63, 3.8) is 0 Å². The Morgan fingerprint density at radius 3 is 2.85 bits per heavy atom. The van der Waals surface area contributed by atoms with Crippen LogP contribution in [-0.4, -0.2) is 55.2 Å². The Morgan fingerprint density at radius 1 is 1.40 bits per heavy atom. The third-order valence-corrected chi connectivity index (χ3v) is 3.21. The number of nitrogens with one attached hydrogen (secondary N) is 2.